The van der Waals surface area contributed by atoms with E-state index in [1.165, 1.54) is 27.7 Å². The van der Waals surface area contributed by atoms with Crippen LogP contribution < -0.4 is 11.2 Å². The molecule has 0 spiro atoms. The van der Waals surface area contributed by atoms with E-state index in [0.29, 0.717) is 21.5 Å². The van der Waals surface area contributed by atoms with Crippen LogP contribution in [0.3, 0.4) is 0 Å². The van der Waals surface area contributed by atoms with Gasteiger partial charge in [-0.15, -0.1) is 11.3 Å². The second kappa shape index (κ2) is 6.04. The summed E-state index contributed by atoms with van der Waals surface area (Å²) in [5, 5.41) is 1.38. The van der Waals surface area contributed by atoms with Crippen LogP contribution in [0.25, 0.3) is 26.8 Å². The molecule has 0 saturated carbocycles. The predicted molar refractivity (Wildman–Crippen MR) is 111 cm³/mol. The molecule has 0 amide bonds. The van der Waals surface area contributed by atoms with Gasteiger partial charge in [-0.05, 0) is 56.4 Å². The van der Waals surface area contributed by atoms with E-state index in [-0.39, 0.29) is 11.3 Å². The first-order chi connectivity index (χ1) is 13.5. The number of aromatic nitrogens is 3. The first-order valence-electron chi connectivity index (χ1n) is 9.35. The van der Waals surface area contributed by atoms with Gasteiger partial charge in [0.1, 0.15) is 4.83 Å². The highest BCUT2D eigenvalue weighted by Crippen LogP contribution is 2.33. The summed E-state index contributed by atoms with van der Waals surface area (Å²) in [6, 6.07) is 5.36. The monoisotopic (exact) mass is 393 g/mol. The molecule has 28 heavy (non-hydrogen) atoms. The standard InChI is InChI=1S/C21H19N3O3S/c1-11(25)15-10-23(2)16-8-7-12(9-14(15)16)24-20(26)18-13-5-3-4-6-17(13)28-19(18)22-21(24)27/h7-10H,3-6H2,1-2H3,(H,22,27). The van der Waals surface area contributed by atoms with Crippen molar-refractivity contribution in [2.24, 2.45) is 7.05 Å². The number of fused-ring (bicyclic) bond motifs is 4. The highest BCUT2D eigenvalue weighted by Gasteiger charge is 2.21. The maximum atomic E-state index is 13.3. The first kappa shape index (κ1) is 17.2. The molecule has 3 heterocycles. The molecule has 1 aliphatic rings. The van der Waals surface area contributed by atoms with Gasteiger partial charge in [-0.1, -0.05) is 0 Å². The van der Waals surface area contributed by atoms with Crippen molar-refractivity contribution in [2.45, 2.75) is 32.6 Å². The fourth-order valence-electron chi connectivity index (χ4n) is 4.27. The van der Waals surface area contributed by atoms with Crippen molar-refractivity contribution in [3.63, 3.8) is 0 Å². The minimum atomic E-state index is -0.448. The van der Waals surface area contributed by atoms with E-state index in [9.17, 15) is 14.4 Å². The number of H-pyrrole nitrogens is 1. The topological polar surface area (TPSA) is 76.9 Å². The number of ketones is 1. The molecule has 7 heteroatoms. The third-order valence-electron chi connectivity index (χ3n) is 5.62. The molecule has 0 aliphatic heterocycles. The highest BCUT2D eigenvalue weighted by atomic mass is 32.1. The Hall–Kier alpha value is -2.93. The smallest absolute Gasteiger partial charge is 0.334 e. The molecule has 0 unspecified atom stereocenters. The number of carbonyl (C=O) groups excluding carboxylic acids is 1. The minimum Gasteiger partial charge on any atom is -0.350 e. The number of carbonyl (C=O) groups is 1. The normalized spacial score (nSPS) is 13.9. The summed E-state index contributed by atoms with van der Waals surface area (Å²) >= 11 is 1.53. The average Bonchev–Trinajstić information content (AvgIpc) is 3.19. The minimum absolute atomic E-state index is 0.0497. The Kier molecular flexibility index (Phi) is 3.71. The van der Waals surface area contributed by atoms with Crippen molar-refractivity contribution >= 4 is 38.2 Å². The summed E-state index contributed by atoms with van der Waals surface area (Å²) in [6.07, 6.45) is 5.81. The third kappa shape index (κ3) is 2.36. The van der Waals surface area contributed by atoms with Gasteiger partial charge in [-0.3, -0.25) is 14.6 Å². The number of benzene rings is 1. The molecular formula is C21H19N3O3S. The number of rotatable bonds is 2. The Morgan fingerprint density at radius 1 is 1.18 bits per heavy atom. The van der Waals surface area contributed by atoms with Gasteiger partial charge in [-0.25, -0.2) is 9.36 Å². The van der Waals surface area contributed by atoms with Crippen LogP contribution in [0.1, 0.15) is 40.6 Å². The Morgan fingerprint density at radius 3 is 2.75 bits per heavy atom. The van der Waals surface area contributed by atoms with Crippen molar-refractivity contribution in [1.82, 2.24) is 14.1 Å². The molecule has 0 fully saturated rings. The summed E-state index contributed by atoms with van der Waals surface area (Å²) in [4.78, 5) is 42.9. The predicted octanol–water partition coefficient (Wildman–Crippen LogP) is 3.31. The largest absolute Gasteiger partial charge is 0.350 e. The molecule has 1 aromatic carbocycles. The number of hydrogen-bond acceptors (Lipinski definition) is 4. The van der Waals surface area contributed by atoms with Gasteiger partial charge in [0, 0.05) is 34.6 Å². The third-order valence-corrected chi connectivity index (χ3v) is 6.83. The Balaban J connectivity index is 1.82. The lowest BCUT2D eigenvalue weighted by Crippen LogP contribution is -2.33. The SMILES string of the molecule is CC(=O)c1cn(C)c2ccc(-n3c(=O)[nH]c4sc5c(c4c3=O)CCCC5)cc12. The highest BCUT2D eigenvalue weighted by molar-refractivity contribution is 7.18. The second-order valence-corrected chi connectivity index (χ2v) is 8.50. The van der Waals surface area contributed by atoms with Gasteiger partial charge in [0.15, 0.2) is 5.78 Å². The lowest BCUT2D eigenvalue weighted by molar-refractivity contribution is 0.101. The fourth-order valence-corrected chi connectivity index (χ4v) is 5.54. The molecule has 1 N–H and O–H groups in total. The first-order valence-corrected chi connectivity index (χ1v) is 10.2. The fraction of sp³-hybridized carbons (Fsp3) is 0.286. The number of aromatic amines is 1. The zero-order valence-electron chi connectivity index (χ0n) is 15.7. The van der Waals surface area contributed by atoms with Crippen LogP contribution in [0.15, 0.2) is 34.0 Å². The number of nitrogens with one attached hydrogen (secondary N) is 1. The van der Waals surface area contributed by atoms with Crippen LogP contribution in [0, 0.1) is 0 Å². The van der Waals surface area contributed by atoms with E-state index in [0.717, 1.165) is 42.1 Å². The van der Waals surface area contributed by atoms with E-state index in [1.54, 1.807) is 18.3 Å². The van der Waals surface area contributed by atoms with E-state index < -0.39 is 5.69 Å². The molecular weight excluding hydrogens is 374 g/mol. The van der Waals surface area contributed by atoms with E-state index >= 15 is 0 Å². The van der Waals surface area contributed by atoms with Crippen LogP contribution in [0.2, 0.25) is 0 Å². The Labute approximate surface area is 164 Å². The molecule has 0 saturated heterocycles. The van der Waals surface area contributed by atoms with Crippen molar-refractivity contribution in [2.75, 3.05) is 0 Å². The molecule has 3 aromatic heterocycles. The van der Waals surface area contributed by atoms with Crippen LogP contribution in [0.5, 0.6) is 0 Å². The lowest BCUT2D eigenvalue weighted by Gasteiger charge is -2.10. The van der Waals surface area contributed by atoms with Gasteiger partial charge in [0.05, 0.1) is 11.1 Å². The summed E-state index contributed by atoms with van der Waals surface area (Å²) < 4.78 is 3.07. The molecule has 1 aliphatic carbocycles. The zero-order chi connectivity index (χ0) is 19.6. The number of nitrogens with zero attached hydrogens (tertiary/aromatic N) is 2. The van der Waals surface area contributed by atoms with E-state index in [4.69, 9.17) is 0 Å². The number of thiophene rings is 1. The quantitative estimate of drug-likeness (QED) is 0.531. The van der Waals surface area contributed by atoms with Crippen LogP contribution in [0.4, 0.5) is 0 Å². The van der Waals surface area contributed by atoms with Crippen molar-refractivity contribution in [3.05, 3.63) is 61.2 Å². The van der Waals surface area contributed by atoms with Gasteiger partial charge in [0.2, 0.25) is 0 Å². The summed E-state index contributed by atoms with van der Waals surface area (Å²) in [5.74, 6) is -0.0497. The molecule has 4 aromatic rings. The van der Waals surface area contributed by atoms with Crippen LogP contribution in [-0.2, 0) is 19.9 Å². The molecule has 0 bridgehead atoms. The Bertz CT molecular complexity index is 1400. The van der Waals surface area contributed by atoms with Gasteiger partial charge < -0.3 is 4.57 Å². The molecule has 0 radical (unpaired) electrons. The number of Topliss-reactive ketones (excluding diaryl/α,β-unsaturated/α-hetero) is 1. The van der Waals surface area contributed by atoms with Crippen molar-refractivity contribution < 1.29 is 4.79 Å². The number of hydrogen-bond donors (Lipinski definition) is 1. The molecule has 0 atom stereocenters. The molecule has 142 valence electrons. The lowest BCUT2D eigenvalue weighted by atomic mass is 9.97. The van der Waals surface area contributed by atoms with Gasteiger partial charge >= 0.3 is 5.69 Å². The van der Waals surface area contributed by atoms with Crippen molar-refractivity contribution in [1.29, 1.82) is 0 Å². The maximum absolute atomic E-state index is 13.3. The summed E-state index contributed by atoms with van der Waals surface area (Å²) in [5.41, 5.74) is 2.30. The zero-order valence-corrected chi connectivity index (χ0v) is 16.5. The van der Waals surface area contributed by atoms with Crippen LogP contribution >= 0.6 is 11.3 Å². The van der Waals surface area contributed by atoms with Gasteiger partial charge in [0.25, 0.3) is 5.56 Å². The molecule has 5 rings (SSSR count). The van der Waals surface area contributed by atoms with E-state index in [2.05, 4.69) is 4.98 Å². The average molecular weight is 393 g/mol. The summed E-state index contributed by atoms with van der Waals surface area (Å²) in [6.45, 7) is 1.52. The van der Waals surface area contributed by atoms with E-state index in [1.807, 2.05) is 17.7 Å². The Morgan fingerprint density at radius 2 is 1.96 bits per heavy atom. The number of aryl methyl sites for hydroxylation is 3. The second-order valence-electron chi connectivity index (χ2n) is 7.40. The maximum Gasteiger partial charge on any atom is 0.334 e. The molecule has 6 nitrogen and oxygen atoms in total. The van der Waals surface area contributed by atoms with Gasteiger partial charge in [-0.2, -0.15) is 0 Å². The van der Waals surface area contributed by atoms with Crippen LogP contribution in [-0.4, -0.2) is 19.9 Å². The summed E-state index contributed by atoms with van der Waals surface area (Å²) in [7, 11) is 1.87. The van der Waals surface area contributed by atoms with Crippen molar-refractivity contribution in [3.8, 4) is 5.69 Å².